The van der Waals surface area contributed by atoms with Crippen molar-refractivity contribution in [3.63, 3.8) is 0 Å². The predicted molar refractivity (Wildman–Crippen MR) is 156 cm³/mol. The summed E-state index contributed by atoms with van der Waals surface area (Å²) in [5.74, 6) is 0.811. The second kappa shape index (κ2) is 14.4. The van der Waals surface area contributed by atoms with Crippen LogP contribution in [0.3, 0.4) is 0 Å². The molecule has 0 aromatic heterocycles. The number of nitrogens with zero attached hydrogens (tertiary/aromatic N) is 1. The van der Waals surface area contributed by atoms with Gasteiger partial charge < -0.3 is 10.5 Å². The predicted octanol–water partition coefficient (Wildman–Crippen LogP) is 7.96. The van der Waals surface area contributed by atoms with Gasteiger partial charge in [-0.3, -0.25) is 4.90 Å². The Labute approximate surface area is 239 Å². The van der Waals surface area contributed by atoms with Gasteiger partial charge in [0.15, 0.2) is 0 Å². The Balaban J connectivity index is 1.55. The lowest BCUT2D eigenvalue weighted by Gasteiger charge is -2.29. The van der Waals surface area contributed by atoms with E-state index >= 15 is 0 Å². The molecule has 0 aliphatic carbocycles. The first-order chi connectivity index (χ1) is 19.3. The van der Waals surface area contributed by atoms with Gasteiger partial charge in [-0.2, -0.15) is 13.2 Å². The second-order valence-electron chi connectivity index (χ2n) is 9.77. The van der Waals surface area contributed by atoms with Crippen LogP contribution in [0.2, 0.25) is 5.02 Å². The molecule has 40 heavy (non-hydrogen) atoms. The van der Waals surface area contributed by atoms with Crippen LogP contribution in [0.4, 0.5) is 13.2 Å². The van der Waals surface area contributed by atoms with Crippen molar-refractivity contribution in [1.82, 2.24) is 4.90 Å². The molecule has 0 radical (unpaired) electrons. The highest BCUT2D eigenvalue weighted by molar-refractivity contribution is 6.32. The van der Waals surface area contributed by atoms with Crippen molar-refractivity contribution in [3.05, 3.63) is 136 Å². The fraction of sp³-hybridized carbons (Fsp3) is 0.273. The van der Waals surface area contributed by atoms with E-state index in [1.165, 1.54) is 6.07 Å². The maximum Gasteiger partial charge on any atom is 0.417 e. The highest BCUT2D eigenvalue weighted by Crippen LogP contribution is 2.37. The van der Waals surface area contributed by atoms with Crippen LogP contribution in [0, 0.1) is 0 Å². The van der Waals surface area contributed by atoms with Crippen LogP contribution in [0.25, 0.3) is 0 Å². The standard InChI is InChI=1S/C33H34ClF3N2O/c34-32-28(15-8-17-31(32)33(35,36)37)23-39(20-9-21-40-29-16-7-10-25(22-29)18-19-38)24-30(26-11-3-1-4-12-26)27-13-5-2-6-14-27/h1-8,10-17,22,30H,9,18-21,23-24,38H2. The van der Waals surface area contributed by atoms with E-state index in [1.54, 1.807) is 6.07 Å². The first-order valence-corrected chi connectivity index (χ1v) is 13.8. The van der Waals surface area contributed by atoms with E-state index in [4.69, 9.17) is 22.1 Å². The van der Waals surface area contributed by atoms with Crippen LogP contribution in [-0.4, -0.2) is 31.1 Å². The molecule has 0 spiro atoms. The van der Waals surface area contributed by atoms with Crippen LogP contribution in [0.1, 0.15) is 40.2 Å². The zero-order valence-corrected chi connectivity index (χ0v) is 23.0. The zero-order chi connectivity index (χ0) is 28.4. The number of hydrogen-bond acceptors (Lipinski definition) is 3. The van der Waals surface area contributed by atoms with Gasteiger partial charge in [-0.05, 0) is 59.8 Å². The largest absolute Gasteiger partial charge is 0.494 e. The Kier molecular flexibility index (Phi) is 10.6. The monoisotopic (exact) mass is 566 g/mol. The first-order valence-electron chi connectivity index (χ1n) is 13.4. The average Bonchev–Trinajstić information content (AvgIpc) is 2.95. The van der Waals surface area contributed by atoms with Crippen LogP contribution in [0.15, 0.2) is 103 Å². The summed E-state index contributed by atoms with van der Waals surface area (Å²) in [7, 11) is 0. The zero-order valence-electron chi connectivity index (χ0n) is 22.3. The van der Waals surface area contributed by atoms with Crippen molar-refractivity contribution in [3.8, 4) is 5.75 Å². The van der Waals surface area contributed by atoms with Gasteiger partial charge in [-0.1, -0.05) is 96.5 Å². The lowest BCUT2D eigenvalue weighted by atomic mass is 9.90. The fourth-order valence-electron chi connectivity index (χ4n) is 4.86. The quantitative estimate of drug-likeness (QED) is 0.167. The van der Waals surface area contributed by atoms with Crippen molar-refractivity contribution in [2.45, 2.75) is 31.5 Å². The fourth-order valence-corrected chi connectivity index (χ4v) is 5.16. The van der Waals surface area contributed by atoms with E-state index in [0.717, 1.165) is 34.9 Å². The minimum atomic E-state index is -4.51. The Bertz CT molecular complexity index is 1290. The molecule has 0 aliphatic heterocycles. The third-order valence-electron chi connectivity index (χ3n) is 6.84. The van der Waals surface area contributed by atoms with Crippen molar-refractivity contribution in [1.29, 1.82) is 0 Å². The number of rotatable bonds is 13. The van der Waals surface area contributed by atoms with E-state index in [9.17, 15) is 13.2 Å². The Morgan fingerprint density at radius 2 is 1.48 bits per heavy atom. The van der Waals surface area contributed by atoms with Gasteiger partial charge in [0.25, 0.3) is 0 Å². The Morgan fingerprint density at radius 1 is 0.825 bits per heavy atom. The lowest BCUT2D eigenvalue weighted by Crippen LogP contribution is -2.31. The molecule has 0 saturated carbocycles. The average molecular weight is 567 g/mol. The summed E-state index contributed by atoms with van der Waals surface area (Å²) < 4.78 is 46.8. The minimum absolute atomic E-state index is 0.0286. The van der Waals surface area contributed by atoms with Crippen LogP contribution in [0.5, 0.6) is 5.75 Å². The summed E-state index contributed by atoms with van der Waals surface area (Å²) in [6, 6.07) is 32.3. The third kappa shape index (κ3) is 8.34. The molecule has 2 N–H and O–H groups in total. The van der Waals surface area contributed by atoms with Crippen molar-refractivity contribution in [2.24, 2.45) is 5.73 Å². The van der Waals surface area contributed by atoms with Gasteiger partial charge >= 0.3 is 6.18 Å². The molecule has 3 nitrogen and oxygen atoms in total. The van der Waals surface area contributed by atoms with Gasteiger partial charge in [0.05, 0.1) is 17.2 Å². The first kappa shape index (κ1) is 29.7. The van der Waals surface area contributed by atoms with Crippen molar-refractivity contribution < 1.29 is 17.9 Å². The molecule has 4 aromatic rings. The third-order valence-corrected chi connectivity index (χ3v) is 7.29. The number of benzene rings is 4. The SMILES string of the molecule is NCCc1cccc(OCCCN(Cc2cccc(C(F)(F)F)c2Cl)CC(c2ccccc2)c2ccccc2)c1. The Hall–Kier alpha value is -3.32. The normalized spacial score (nSPS) is 11.8. The molecule has 4 rings (SSSR count). The van der Waals surface area contributed by atoms with Crippen LogP contribution in [-0.2, 0) is 19.1 Å². The molecule has 0 bridgehead atoms. The molecule has 0 heterocycles. The van der Waals surface area contributed by atoms with Gasteiger partial charge in [-0.25, -0.2) is 0 Å². The van der Waals surface area contributed by atoms with E-state index in [2.05, 4.69) is 29.2 Å². The van der Waals surface area contributed by atoms with Gasteiger partial charge in [0, 0.05) is 25.6 Å². The molecule has 0 atom stereocenters. The summed E-state index contributed by atoms with van der Waals surface area (Å²) >= 11 is 6.31. The smallest absolute Gasteiger partial charge is 0.417 e. The summed E-state index contributed by atoms with van der Waals surface area (Å²) in [5, 5.41) is -0.246. The molecule has 0 saturated heterocycles. The maximum absolute atomic E-state index is 13.6. The second-order valence-corrected chi connectivity index (χ2v) is 10.2. The molecule has 0 amide bonds. The molecule has 0 aliphatic rings. The van der Waals surface area contributed by atoms with Crippen LogP contribution < -0.4 is 10.5 Å². The topological polar surface area (TPSA) is 38.5 Å². The van der Waals surface area contributed by atoms with E-state index in [0.29, 0.717) is 38.2 Å². The lowest BCUT2D eigenvalue weighted by molar-refractivity contribution is -0.137. The van der Waals surface area contributed by atoms with Gasteiger partial charge in [0.2, 0.25) is 0 Å². The number of halogens is 4. The van der Waals surface area contributed by atoms with E-state index in [1.807, 2.05) is 60.7 Å². The molecule has 7 heteroatoms. The molecular formula is C33H34ClF3N2O. The van der Waals surface area contributed by atoms with Crippen molar-refractivity contribution >= 4 is 11.6 Å². The minimum Gasteiger partial charge on any atom is -0.494 e. The Morgan fingerprint density at radius 3 is 2.10 bits per heavy atom. The molecule has 4 aromatic carbocycles. The van der Waals surface area contributed by atoms with E-state index < -0.39 is 11.7 Å². The maximum atomic E-state index is 13.6. The molecule has 0 unspecified atom stereocenters. The number of alkyl halides is 3. The molecule has 210 valence electrons. The summed E-state index contributed by atoms with van der Waals surface area (Å²) in [5.41, 5.74) is 8.72. The highest BCUT2D eigenvalue weighted by atomic mass is 35.5. The number of ether oxygens (including phenoxy) is 1. The van der Waals surface area contributed by atoms with Crippen molar-refractivity contribution in [2.75, 3.05) is 26.2 Å². The molecule has 0 fully saturated rings. The number of hydrogen-bond donors (Lipinski definition) is 1. The molecular weight excluding hydrogens is 533 g/mol. The van der Waals surface area contributed by atoms with Crippen LogP contribution >= 0.6 is 11.6 Å². The van der Waals surface area contributed by atoms with Gasteiger partial charge in [0.1, 0.15) is 5.75 Å². The summed E-state index contributed by atoms with van der Waals surface area (Å²) in [4.78, 5) is 2.17. The summed E-state index contributed by atoms with van der Waals surface area (Å²) in [6.45, 7) is 2.55. The van der Waals surface area contributed by atoms with Gasteiger partial charge in [-0.15, -0.1) is 0 Å². The highest BCUT2D eigenvalue weighted by Gasteiger charge is 2.34. The summed E-state index contributed by atoms with van der Waals surface area (Å²) in [6.07, 6.45) is -3.04. The number of nitrogens with two attached hydrogens (primary N) is 1. The van der Waals surface area contributed by atoms with E-state index in [-0.39, 0.29) is 17.5 Å².